The molecule has 0 radical (unpaired) electrons. The molecule has 1 N–H and O–H groups in total. The van der Waals surface area contributed by atoms with E-state index in [1.165, 1.54) is 35.8 Å². The van der Waals surface area contributed by atoms with Crippen LogP contribution in [0.1, 0.15) is 39.2 Å². The van der Waals surface area contributed by atoms with Gasteiger partial charge in [-0.05, 0) is 23.0 Å². The molecular weight excluding hydrogens is 392 g/mol. The second-order valence-electron chi connectivity index (χ2n) is 7.56. The summed E-state index contributed by atoms with van der Waals surface area (Å²) in [7, 11) is 1.38. The first-order chi connectivity index (χ1) is 13.3. The number of hydrogen-bond acceptors (Lipinski definition) is 6. The summed E-state index contributed by atoms with van der Waals surface area (Å²) in [5.41, 5.74) is 3.15. The van der Waals surface area contributed by atoms with Crippen LogP contribution in [0.15, 0.2) is 39.6 Å². The van der Waals surface area contributed by atoms with Gasteiger partial charge in [0, 0.05) is 23.1 Å². The quantitative estimate of drug-likeness (QED) is 0.265. The van der Waals surface area contributed by atoms with Gasteiger partial charge in [-0.25, -0.2) is 4.98 Å². The SMILES string of the molecule is COC(=O)CCCSc1nc2scc(-c3ccc(C(C)(C)C)cc3)c2c(=O)[nH]1. The molecular formula is C21H24N2O3S2. The summed E-state index contributed by atoms with van der Waals surface area (Å²) in [6.45, 7) is 6.54. The monoisotopic (exact) mass is 416 g/mol. The number of esters is 1. The highest BCUT2D eigenvalue weighted by Crippen LogP contribution is 2.33. The maximum atomic E-state index is 12.7. The number of nitrogens with one attached hydrogen (secondary N) is 1. The lowest BCUT2D eigenvalue weighted by Crippen LogP contribution is -2.10. The van der Waals surface area contributed by atoms with Crippen molar-refractivity contribution in [2.24, 2.45) is 0 Å². The minimum absolute atomic E-state index is 0.0915. The molecule has 0 atom stereocenters. The fourth-order valence-electron chi connectivity index (χ4n) is 2.85. The number of carbonyl (C=O) groups excluding carboxylic acids is 1. The zero-order valence-electron chi connectivity index (χ0n) is 16.5. The van der Waals surface area contributed by atoms with Crippen molar-refractivity contribution in [2.45, 2.75) is 44.2 Å². The second kappa shape index (κ2) is 8.49. The average Bonchev–Trinajstić information content (AvgIpc) is 3.09. The highest BCUT2D eigenvalue weighted by atomic mass is 32.2. The van der Waals surface area contributed by atoms with Crippen LogP contribution in [0.3, 0.4) is 0 Å². The van der Waals surface area contributed by atoms with Crippen LogP contribution in [0.25, 0.3) is 21.3 Å². The van der Waals surface area contributed by atoms with E-state index in [1.54, 1.807) is 0 Å². The number of methoxy groups -OCH3 is 1. The molecule has 2 heterocycles. The zero-order chi connectivity index (χ0) is 20.3. The maximum absolute atomic E-state index is 12.7. The number of nitrogens with zero attached hydrogens (tertiary/aromatic N) is 1. The molecule has 0 saturated heterocycles. The van der Waals surface area contributed by atoms with Gasteiger partial charge in [0.2, 0.25) is 0 Å². The number of hydrogen-bond donors (Lipinski definition) is 1. The Balaban J connectivity index is 1.81. The van der Waals surface area contributed by atoms with Gasteiger partial charge in [-0.15, -0.1) is 11.3 Å². The van der Waals surface area contributed by atoms with Crippen LogP contribution in [0, 0.1) is 0 Å². The van der Waals surface area contributed by atoms with E-state index in [4.69, 9.17) is 0 Å². The lowest BCUT2D eigenvalue weighted by Gasteiger charge is -2.19. The maximum Gasteiger partial charge on any atom is 0.305 e. The number of H-pyrrole nitrogens is 1. The van der Waals surface area contributed by atoms with Crippen molar-refractivity contribution in [3.05, 3.63) is 45.6 Å². The Kier molecular flexibility index (Phi) is 6.25. The van der Waals surface area contributed by atoms with Crippen LogP contribution in [0.2, 0.25) is 0 Å². The van der Waals surface area contributed by atoms with Gasteiger partial charge >= 0.3 is 5.97 Å². The number of thiophene rings is 1. The first-order valence-corrected chi connectivity index (χ1v) is 11.0. The number of thioether (sulfide) groups is 1. The van der Waals surface area contributed by atoms with Crippen molar-refractivity contribution in [3.63, 3.8) is 0 Å². The van der Waals surface area contributed by atoms with E-state index in [0.717, 1.165) is 16.0 Å². The third kappa shape index (κ3) is 4.64. The summed E-state index contributed by atoms with van der Waals surface area (Å²) in [6.07, 6.45) is 1.04. The normalized spacial score (nSPS) is 11.7. The summed E-state index contributed by atoms with van der Waals surface area (Å²) in [5.74, 6) is 0.466. The van der Waals surface area contributed by atoms with Gasteiger partial charge in [0.1, 0.15) is 4.83 Å². The third-order valence-corrected chi connectivity index (χ3v) is 6.31. The first kappa shape index (κ1) is 20.6. The lowest BCUT2D eigenvalue weighted by molar-refractivity contribution is -0.140. The first-order valence-electron chi connectivity index (χ1n) is 9.11. The Labute approximate surface area is 172 Å². The smallest absolute Gasteiger partial charge is 0.305 e. The standard InChI is InChI=1S/C21H24N2O3S2/c1-21(2,3)14-9-7-13(8-10-14)15-12-28-19-17(15)18(25)22-20(23-19)27-11-5-6-16(24)26-4/h7-10,12H,5-6,11H2,1-4H3,(H,22,23,25). The van der Waals surface area contributed by atoms with Gasteiger partial charge in [0.25, 0.3) is 5.56 Å². The van der Waals surface area contributed by atoms with Gasteiger partial charge in [0.05, 0.1) is 12.5 Å². The number of carbonyl (C=O) groups is 1. The number of fused-ring (bicyclic) bond motifs is 1. The minimum atomic E-state index is -0.224. The highest BCUT2D eigenvalue weighted by molar-refractivity contribution is 7.99. The molecule has 0 fully saturated rings. The second-order valence-corrected chi connectivity index (χ2v) is 9.50. The predicted molar refractivity (Wildman–Crippen MR) is 116 cm³/mol. The molecule has 0 aliphatic rings. The molecule has 0 bridgehead atoms. The van der Waals surface area contributed by atoms with Crippen molar-refractivity contribution < 1.29 is 9.53 Å². The summed E-state index contributed by atoms with van der Waals surface area (Å²) in [6, 6.07) is 8.37. The molecule has 0 spiro atoms. The number of aromatic nitrogens is 2. The molecule has 0 unspecified atom stereocenters. The Morgan fingerprint density at radius 1 is 1.25 bits per heavy atom. The molecule has 3 aromatic rings. The van der Waals surface area contributed by atoms with Crippen LogP contribution >= 0.6 is 23.1 Å². The number of benzene rings is 1. The molecule has 5 nitrogen and oxygen atoms in total. The molecule has 0 aliphatic heterocycles. The summed E-state index contributed by atoms with van der Waals surface area (Å²) >= 11 is 2.92. The van der Waals surface area contributed by atoms with E-state index in [9.17, 15) is 9.59 Å². The number of aromatic amines is 1. The van der Waals surface area contributed by atoms with Crippen LogP contribution in [-0.4, -0.2) is 28.8 Å². The molecule has 0 aliphatic carbocycles. The lowest BCUT2D eigenvalue weighted by atomic mass is 9.86. The Bertz CT molecular complexity index is 1030. The Morgan fingerprint density at radius 2 is 1.96 bits per heavy atom. The zero-order valence-corrected chi connectivity index (χ0v) is 18.1. The van der Waals surface area contributed by atoms with Crippen LogP contribution in [0.4, 0.5) is 0 Å². The van der Waals surface area contributed by atoms with Gasteiger partial charge in [-0.1, -0.05) is 56.8 Å². The highest BCUT2D eigenvalue weighted by Gasteiger charge is 2.16. The number of rotatable bonds is 6. The molecule has 28 heavy (non-hydrogen) atoms. The van der Waals surface area contributed by atoms with E-state index in [2.05, 4.69) is 59.7 Å². The average molecular weight is 417 g/mol. The summed E-state index contributed by atoms with van der Waals surface area (Å²) in [4.78, 5) is 32.0. The Hall–Kier alpha value is -2.12. The van der Waals surface area contributed by atoms with Crippen LogP contribution < -0.4 is 5.56 Å². The Morgan fingerprint density at radius 3 is 2.61 bits per heavy atom. The number of ether oxygens (including phenoxy) is 1. The fraction of sp³-hybridized carbons (Fsp3) is 0.381. The topological polar surface area (TPSA) is 72.0 Å². The van der Waals surface area contributed by atoms with Crippen molar-refractivity contribution in [2.75, 3.05) is 12.9 Å². The summed E-state index contributed by atoms with van der Waals surface area (Å²) in [5, 5.41) is 3.20. The molecule has 0 amide bonds. The van der Waals surface area contributed by atoms with Gasteiger partial charge < -0.3 is 9.72 Å². The van der Waals surface area contributed by atoms with Crippen molar-refractivity contribution in [3.8, 4) is 11.1 Å². The van der Waals surface area contributed by atoms with Gasteiger partial charge in [-0.3, -0.25) is 9.59 Å². The van der Waals surface area contributed by atoms with E-state index >= 15 is 0 Å². The molecule has 2 aromatic heterocycles. The van der Waals surface area contributed by atoms with E-state index in [-0.39, 0.29) is 16.9 Å². The molecule has 7 heteroatoms. The van der Waals surface area contributed by atoms with Gasteiger partial charge in [-0.2, -0.15) is 0 Å². The van der Waals surface area contributed by atoms with Crippen molar-refractivity contribution >= 4 is 39.3 Å². The van der Waals surface area contributed by atoms with Crippen LogP contribution in [0.5, 0.6) is 0 Å². The molecule has 148 valence electrons. The fourth-order valence-corrected chi connectivity index (χ4v) is 4.66. The minimum Gasteiger partial charge on any atom is -0.469 e. The molecule has 0 saturated carbocycles. The van der Waals surface area contributed by atoms with E-state index < -0.39 is 0 Å². The summed E-state index contributed by atoms with van der Waals surface area (Å²) < 4.78 is 4.63. The van der Waals surface area contributed by atoms with E-state index in [0.29, 0.717) is 29.1 Å². The largest absolute Gasteiger partial charge is 0.469 e. The molecule has 1 aromatic carbocycles. The van der Waals surface area contributed by atoms with Crippen molar-refractivity contribution in [1.82, 2.24) is 9.97 Å². The third-order valence-electron chi connectivity index (χ3n) is 4.48. The van der Waals surface area contributed by atoms with Crippen molar-refractivity contribution in [1.29, 1.82) is 0 Å². The van der Waals surface area contributed by atoms with Crippen LogP contribution in [-0.2, 0) is 14.9 Å². The van der Waals surface area contributed by atoms with E-state index in [1.807, 2.05) is 5.38 Å². The molecule has 3 rings (SSSR count). The predicted octanol–water partition coefficient (Wildman–Crippen LogP) is 4.99. The van der Waals surface area contributed by atoms with Gasteiger partial charge in [0.15, 0.2) is 5.16 Å².